The number of Topliss-reactive ketones (excluding diaryl/α,β-unsaturated/α-hetero) is 2. The van der Waals surface area contributed by atoms with Crippen LogP contribution < -0.4 is 17.0 Å². The standard InChI is InChI=1S/C15H19N3O2.C15H21N3.C15H20N2.C9H16O2.C6H8N2.CH4/c1-10(2)13-15(18(19)20)14(11(3)4)17(16-13)12-8-6-5-7-9-12;1-10(2)14-13(16)15(11(3)4)18(17-14)12-8-6-5-7-9-12;1-11(2)14-10-15(12(3)4)17(16-14)13-8-6-5-7-9-13;1-6(2)8(10)5-9(11)7(3)4;7-8-6-4-2-1-3-5-6;/h5-11H,1-4H3;5-11H,16H2,1-4H3;5-12H,1-4H3;6-7H,5H2,1-4H3;1-5,8H,7H2;1H4. The molecule has 3 heterocycles. The van der Waals surface area contributed by atoms with Crippen LogP contribution in [-0.4, -0.2) is 45.8 Å². The van der Waals surface area contributed by atoms with Gasteiger partial charge >= 0.3 is 5.69 Å². The SMILES string of the molecule is C.CC(C)C(=O)CC(=O)C(C)C.CC(C)c1cc(C(C)C)n(-c2ccccc2)n1.CC(C)c1nn(-c2ccccc2)c(C(C)C)c1N.CC(C)c1nn(-c2ccccc2)c(C(C)C)c1[N+](=O)[O-].NNc1ccccc1. The van der Waals surface area contributed by atoms with E-state index in [1.807, 2.05) is 145 Å². The van der Waals surface area contributed by atoms with Crippen molar-refractivity contribution in [1.29, 1.82) is 0 Å². The molecule has 0 aliphatic rings. The maximum atomic E-state index is 11.4. The fourth-order valence-electron chi connectivity index (χ4n) is 7.51. The molecule has 0 bridgehead atoms. The molecule has 0 unspecified atom stereocenters. The number of nitro groups is 1. The molecule has 0 aliphatic heterocycles. The molecule has 75 heavy (non-hydrogen) atoms. The van der Waals surface area contributed by atoms with Gasteiger partial charge in [-0.15, -0.1) is 0 Å². The second-order valence-corrected chi connectivity index (χ2v) is 20.7. The molecule has 7 rings (SSSR count). The largest absolute Gasteiger partial charge is 0.396 e. The summed E-state index contributed by atoms with van der Waals surface area (Å²) in [5.74, 6) is 6.84. The number of para-hydroxylation sites is 4. The molecule has 7 aromatic rings. The van der Waals surface area contributed by atoms with Crippen LogP contribution in [0.4, 0.5) is 17.1 Å². The smallest absolute Gasteiger partial charge is 0.314 e. The van der Waals surface area contributed by atoms with Crippen LogP contribution in [0.25, 0.3) is 17.1 Å². The third-order valence-electron chi connectivity index (χ3n) is 11.8. The summed E-state index contributed by atoms with van der Waals surface area (Å²) >= 11 is 0. The average Bonchev–Trinajstić information content (AvgIpc) is 4.11. The minimum Gasteiger partial charge on any atom is -0.396 e. The molecule has 0 saturated heterocycles. The Hall–Kier alpha value is -7.19. The van der Waals surface area contributed by atoms with E-state index in [9.17, 15) is 19.7 Å². The van der Waals surface area contributed by atoms with Crippen LogP contribution in [0, 0.1) is 22.0 Å². The number of hydrogen-bond donors (Lipinski definition) is 3. The van der Waals surface area contributed by atoms with E-state index < -0.39 is 0 Å². The van der Waals surface area contributed by atoms with Gasteiger partial charge in [0.1, 0.15) is 23.0 Å². The van der Waals surface area contributed by atoms with Crippen molar-refractivity contribution in [1.82, 2.24) is 29.3 Å². The number of ketones is 2. The van der Waals surface area contributed by atoms with Gasteiger partial charge in [0.2, 0.25) is 0 Å². The van der Waals surface area contributed by atoms with Gasteiger partial charge in [0.15, 0.2) is 0 Å². The third-order valence-corrected chi connectivity index (χ3v) is 11.8. The van der Waals surface area contributed by atoms with Crippen LogP contribution in [0.2, 0.25) is 0 Å². The molecule has 0 fully saturated rings. The number of carbonyl (C=O) groups excluding carboxylic acids is 2. The predicted octanol–water partition coefficient (Wildman–Crippen LogP) is 15.3. The highest BCUT2D eigenvalue weighted by Gasteiger charge is 2.31. The number of benzene rings is 4. The molecule has 0 aliphatic carbocycles. The normalized spacial score (nSPS) is 10.8. The number of nitrogens with two attached hydrogens (primary N) is 2. The van der Waals surface area contributed by atoms with Gasteiger partial charge in [-0.05, 0) is 78.3 Å². The van der Waals surface area contributed by atoms with E-state index in [1.165, 1.54) is 5.69 Å². The number of nitrogens with zero attached hydrogens (tertiary/aromatic N) is 7. The van der Waals surface area contributed by atoms with Crippen molar-refractivity contribution in [2.45, 2.75) is 160 Å². The van der Waals surface area contributed by atoms with Crippen molar-refractivity contribution >= 4 is 28.6 Å². The van der Waals surface area contributed by atoms with Gasteiger partial charge in [-0.3, -0.25) is 25.5 Å². The van der Waals surface area contributed by atoms with Crippen LogP contribution >= 0.6 is 0 Å². The Labute approximate surface area is 448 Å². The lowest BCUT2D eigenvalue weighted by Gasteiger charge is -2.10. The first-order valence-electron chi connectivity index (χ1n) is 25.9. The Morgan fingerprint density at radius 2 is 0.893 bits per heavy atom. The van der Waals surface area contributed by atoms with E-state index in [2.05, 4.69) is 113 Å². The molecule has 406 valence electrons. The molecule has 5 N–H and O–H groups in total. The summed E-state index contributed by atoms with van der Waals surface area (Å²) < 4.78 is 5.76. The molecular weight excluding hydrogens is 937 g/mol. The minimum absolute atomic E-state index is 0. The molecule has 4 aromatic carbocycles. The van der Waals surface area contributed by atoms with Crippen molar-refractivity contribution in [3.8, 4) is 17.1 Å². The highest BCUT2D eigenvalue weighted by atomic mass is 16.6. The molecule has 14 heteroatoms. The van der Waals surface area contributed by atoms with Crippen LogP contribution in [0.5, 0.6) is 0 Å². The molecule has 0 spiro atoms. The lowest BCUT2D eigenvalue weighted by atomic mass is 9.98. The number of nitrogen functional groups attached to an aromatic ring is 2. The average molecular weight is 1030 g/mol. The number of anilines is 2. The maximum Gasteiger partial charge on any atom is 0.314 e. The summed E-state index contributed by atoms with van der Waals surface area (Å²) in [6.07, 6.45) is 0.106. The van der Waals surface area contributed by atoms with E-state index in [0.29, 0.717) is 35.1 Å². The molecule has 0 saturated carbocycles. The number of nitrogens with one attached hydrogen (secondary N) is 1. The molecule has 14 nitrogen and oxygen atoms in total. The summed E-state index contributed by atoms with van der Waals surface area (Å²) in [4.78, 5) is 33.2. The highest BCUT2D eigenvalue weighted by Crippen LogP contribution is 2.36. The summed E-state index contributed by atoms with van der Waals surface area (Å²) in [5.41, 5.74) is 19.5. The van der Waals surface area contributed by atoms with Crippen LogP contribution in [-0.2, 0) is 9.59 Å². The van der Waals surface area contributed by atoms with Crippen LogP contribution in [0.3, 0.4) is 0 Å². The van der Waals surface area contributed by atoms with Gasteiger partial charge in [0, 0.05) is 35.1 Å². The zero-order chi connectivity index (χ0) is 55.4. The second kappa shape index (κ2) is 30.9. The Kier molecular flexibility index (Phi) is 26.3. The Morgan fingerprint density at radius 1 is 0.520 bits per heavy atom. The lowest BCUT2D eigenvalue weighted by molar-refractivity contribution is -0.386. The zero-order valence-corrected chi connectivity index (χ0v) is 46.9. The first-order valence-corrected chi connectivity index (χ1v) is 25.9. The van der Waals surface area contributed by atoms with Gasteiger partial charge in [-0.2, -0.15) is 15.3 Å². The van der Waals surface area contributed by atoms with Crippen molar-refractivity contribution in [2.75, 3.05) is 11.2 Å². The number of aromatic nitrogens is 6. The number of hydrogen-bond acceptors (Lipinski definition) is 10. The van der Waals surface area contributed by atoms with E-state index in [-0.39, 0.29) is 59.7 Å². The maximum absolute atomic E-state index is 11.4. The first kappa shape index (κ1) is 63.9. The summed E-state index contributed by atoms with van der Waals surface area (Å²) in [5, 5.41) is 25.4. The summed E-state index contributed by atoms with van der Waals surface area (Å²) in [7, 11) is 0. The fourth-order valence-corrected chi connectivity index (χ4v) is 7.51. The van der Waals surface area contributed by atoms with Crippen LogP contribution in [0.1, 0.15) is 194 Å². The second-order valence-electron chi connectivity index (χ2n) is 20.7. The molecular formula is C61H88N10O4. The first-order chi connectivity index (χ1) is 34.9. The monoisotopic (exact) mass is 1020 g/mol. The molecule has 0 atom stereocenters. The van der Waals surface area contributed by atoms with Crippen LogP contribution in [0.15, 0.2) is 127 Å². The fraction of sp³-hybridized carbons (Fsp3) is 0.426. The molecule has 0 radical (unpaired) electrons. The lowest BCUT2D eigenvalue weighted by Crippen LogP contribution is -2.16. The number of rotatable bonds is 15. The van der Waals surface area contributed by atoms with E-state index in [0.717, 1.165) is 45.5 Å². The zero-order valence-electron chi connectivity index (χ0n) is 46.9. The predicted molar refractivity (Wildman–Crippen MR) is 312 cm³/mol. The number of hydrazine groups is 1. The van der Waals surface area contributed by atoms with Crippen molar-refractivity contribution < 1.29 is 14.5 Å². The Morgan fingerprint density at radius 3 is 1.21 bits per heavy atom. The van der Waals surface area contributed by atoms with Crippen molar-refractivity contribution in [3.63, 3.8) is 0 Å². The topological polar surface area (TPSA) is 195 Å². The Bertz CT molecular complexity index is 2750. The minimum atomic E-state index is -0.308. The van der Waals surface area contributed by atoms with Gasteiger partial charge < -0.3 is 11.2 Å². The summed E-state index contributed by atoms with van der Waals surface area (Å²) in [6.45, 7) is 32.3. The highest BCUT2D eigenvalue weighted by molar-refractivity contribution is 6.00. The quantitative estimate of drug-likeness (QED) is 0.0385. The Balaban J connectivity index is 0.000000330. The molecule has 0 amide bonds. The van der Waals surface area contributed by atoms with Gasteiger partial charge in [0.25, 0.3) is 0 Å². The van der Waals surface area contributed by atoms with Crippen molar-refractivity contribution in [2.24, 2.45) is 17.7 Å². The summed E-state index contributed by atoms with van der Waals surface area (Å²) in [6, 6.07) is 41.9. The van der Waals surface area contributed by atoms with Crippen molar-refractivity contribution in [3.05, 3.63) is 172 Å². The van der Waals surface area contributed by atoms with E-state index in [4.69, 9.17) is 21.8 Å². The van der Waals surface area contributed by atoms with Gasteiger partial charge in [0.05, 0.1) is 51.2 Å². The van der Waals surface area contributed by atoms with Gasteiger partial charge in [-0.1, -0.05) is 191 Å². The van der Waals surface area contributed by atoms with Gasteiger partial charge in [-0.25, -0.2) is 14.0 Å². The third kappa shape index (κ3) is 18.6. The van der Waals surface area contributed by atoms with E-state index >= 15 is 0 Å². The van der Waals surface area contributed by atoms with E-state index in [1.54, 1.807) is 4.68 Å². The number of carbonyl (C=O) groups is 2. The molecule has 3 aromatic heterocycles.